The number of aromatic amines is 1. The van der Waals surface area contributed by atoms with Crippen molar-refractivity contribution in [3.05, 3.63) is 66.0 Å². The summed E-state index contributed by atoms with van der Waals surface area (Å²) >= 11 is 0. The number of aromatic nitrogens is 4. The maximum absolute atomic E-state index is 6.57. The molecule has 4 aromatic rings. The Labute approximate surface area is 182 Å². The zero-order valence-electron chi connectivity index (χ0n) is 16.7. The number of pyridine rings is 1. The van der Waals surface area contributed by atoms with Crippen molar-refractivity contribution < 1.29 is 18.9 Å². The van der Waals surface area contributed by atoms with Gasteiger partial charge in [-0.1, -0.05) is 6.07 Å². The number of nitrogens with one attached hydrogen (secondary N) is 2. The Hall–Kier alpha value is -4.31. The van der Waals surface area contributed by atoms with E-state index >= 15 is 0 Å². The molecule has 1 unspecified atom stereocenters. The number of ether oxygens (including phenoxy) is 4. The van der Waals surface area contributed by atoms with Crippen LogP contribution in [0.5, 0.6) is 23.0 Å². The van der Waals surface area contributed by atoms with E-state index < -0.39 is 6.04 Å². The number of H-pyrrole nitrogens is 1. The normalized spacial score (nSPS) is 14.4. The molecule has 10 heteroatoms. The van der Waals surface area contributed by atoms with Crippen LogP contribution in [0.4, 0.5) is 11.6 Å². The summed E-state index contributed by atoms with van der Waals surface area (Å²) in [7, 11) is 0. The third-order valence-electron chi connectivity index (χ3n) is 5.26. The van der Waals surface area contributed by atoms with Crippen LogP contribution in [0.3, 0.4) is 0 Å². The van der Waals surface area contributed by atoms with E-state index in [1.165, 1.54) is 0 Å². The van der Waals surface area contributed by atoms with Gasteiger partial charge in [-0.2, -0.15) is 4.98 Å². The molecule has 4 N–H and O–H groups in total. The van der Waals surface area contributed by atoms with Gasteiger partial charge in [0.2, 0.25) is 19.5 Å². The Kier molecular flexibility index (Phi) is 4.29. The predicted octanol–water partition coefficient (Wildman–Crippen LogP) is 3.12. The molecule has 160 valence electrons. The average molecular weight is 430 g/mol. The number of hydrogen-bond donors (Lipinski definition) is 3. The zero-order valence-corrected chi connectivity index (χ0v) is 16.7. The summed E-state index contributed by atoms with van der Waals surface area (Å²) in [5.74, 6) is 3.72. The highest BCUT2D eigenvalue weighted by atomic mass is 16.7. The van der Waals surface area contributed by atoms with Gasteiger partial charge in [-0.15, -0.1) is 5.10 Å². The first-order valence-corrected chi connectivity index (χ1v) is 9.94. The number of rotatable bonds is 5. The summed E-state index contributed by atoms with van der Waals surface area (Å²) in [5, 5.41) is 10.4. The number of hydrogen-bond acceptors (Lipinski definition) is 9. The van der Waals surface area contributed by atoms with Crippen molar-refractivity contribution in [2.75, 3.05) is 18.9 Å². The smallest absolute Gasteiger partial charge is 0.246 e. The first-order valence-electron chi connectivity index (χ1n) is 9.94. The molecule has 0 spiro atoms. The average Bonchev–Trinajstić information content (AvgIpc) is 3.58. The summed E-state index contributed by atoms with van der Waals surface area (Å²) in [6, 6.07) is 14.4. The summed E-state index contributed by atoms with van der Waals surface area (Å²) < 4.78 is 21.6. The maximum Gasteiger partial charge on any atom is 0.246 e. The van der Waals surface area contributed by atoms with Crippen molar-refractivity contribution in [2.24, 2.45) is 5.73 Å². The first kappa shape index (κ1) is 18.5. The lowest BCUT2D eigenvalue weighted by Crippen LogP contribution is -2.15. The Morgan fingerprint density at radius 2 is 1.66 bits per heavy atom. The van der Waals surface area contributed by atoms with Crippen molar-refractivity contribution in [3.8, 4) is 34.4 Å². The largest absolute Gasteiger partial charge is 0.454 e. The van der Waals surface area contributed by atoms with Gasteiger partial charge >= 0.3 is 0 Å². The molecule has 2 aliphatic heterocycles. The van der Waals surface area contributed by atoms with Crippen molar-refractivity contribution in [3.63, 3.8) is 0 Å². The highest BCUT2D eigenvalue weighted by molar-refractivity contribution is 5.64. The van der Waals surface area contributed by atoms with E-state index in [-0.39, 0.29) is 13.6 Å². The summed E-state index contributed by atoms with van der Waals surface area (Å²) in [5.41, 5.74) is 9.62. The Bertz CT molecular complexity index is 1310. The molecule has 0 fully saturated rings. The molecular weight excluding hydrogens is 412 g/mol. The lowest BCUT2D eigenvalue weighted by atomic mass is 9.99. The van der Waals surface area contributed by atoms with Gasteiger partial charge in [-0.05, 0) is 42.0 Å². The van der Waals surface area contributed by atoms with Crippen LogP contribution in [0.2, 0.25) is 0 Å². The van der Waals surface area contributed by atoms with Crippen LogP contribution in [0, 0.1) is 0 Å². The standard InChI is InChI=1S/C22H18N6O4/c23-19(12-3-5-15-17(8-12)31-10-29-15)20-14(2-1-7-24-20)21-26-22(28-27-21)25-13-4-6-16-18(9-13)32-11-30-16/h1-9,19H,10-11,23H2,(H2,25,26,27,28). The van der Waals surface area contributed by atoms with Crippen LogP contribution < -0.4 is 30.0 Å². The van der Waals surface area contributed by atoms with Crippen molar-refractivity contribution in [2.45, 2.75) is 6.04 Å². The minimum absolute atomic E-state index is 0.208. The van der Waals surface area contributed by atoms with Crippen LogP contribution in [0.15, 0.2) is 54.7 Å². The van der Waals surface area contributed by atoms with E-state index in [0.717, 1.165) is 16.8 Å². The third kappa shape index (κ3) is 3.22. The molecule has 2 aromatic carbocycles. The fraction of sp³-hybridized carbons (Fsp3) is 0.136. The van der Waals surface area contributed by atoms with Gasteiger partial charge in [0.15, 0.2) is 28.8 Å². The minimum Gasteiger partial charge on any atom is -0.454 e. The van der Waals surface area contributed by atoms with Crippen LogP contribution in [-0.2, 0) is 0 Å². The number of nitrogens with zero attached hydrogens (tertiary/aromatic N) is 3. The van der Waals surface area contributed by atoms with Crippen LogP contribution in [0.1, 0.15) is 17.3 Å². The van der Waals surface area contributed by atoms with E-state index in [9.17, 15) is 0 Å². The highest BCUT2D eigenvalue weighted by Crippen LogP contribution is 2.37. The van der Waals surface area contributed by atoms with Gasteiger partial charge in [0.25, 0.3) is 0 Å². The quantitative estimate of drug-likeness (QED) is 0.437. The second-order valence-electron chi connectivity index (χ2n) is 7.23. The number of anilines is 2. The monoisotopic (exact) mass is 430 g/mol. The topological polar surface area (TPSA) is 129 Å². The van der Waals surface area contributed by atoms with E-state index in [1.807, 2.05) is 48.5 Å². The molecule has 1 atom stereocenters. The molecule has 0 aliphatic carbocycles. The third-order valence-corrected chi connectivity index (χ3v) is 5.26. The lowest BCUT2D eigenvalue weighted by Gasteiger charge is -2.15. The van der Waals surface area contributed by atoms with Gasteiger partial charge < -0.3 is 30.0 Å². The minimum atomic E-state index is -0.490. The molecule has 0 radical (unpaired) electrons. The van der Waals surface area contributed by atoms with Crippen molar-refractivity contribution in [1.82, 2.24) is 20.2 Å². The number of benzene rings is 2. The molecule has 0 amide bonds. The lowest BCUT2D eigenvalue weighted by molar-refractivity contribution is 0.173. The maximum atomic E-state index is 6.57. The summed E-state index contributed by atoms with van der Waals surface area (Å²) in [4.78, 5) is 9.10. The number of fused-ring (bicyclic) bond motifs is 2. The molecule has 0 saturated heterocycles. The van der Waals surface area contributed by atoms with Crippen LogP contribution in [0.25, 0.3) is 11.4 Å². The van der Waals surface area contributed by atoms with Gasteiger partial charge in [0.05, 0.1) is 11.7 Å². The second-order valence-corrected chi connectivity index (χ2v) is 7.23. The molecule has 2 aromatic heterocycles. The molecule has 4 heterocycles. The molecular formula is C22H18N6O4. The Balaban J connectivity index is 1.28. The predicted molar refractivity (Wildman–Crippen MR) is 114 cm³/mol. The number of nitrogens with two attached hydrogens (primary N) is 1. The van der Waals surface area contributed by atoms with Crippen LogP contribution >= 0.6 is 0 Å². The Morgan fingerprint density at radius 3 is 2.50 bits per heavy atom. The first-order chi connectivity index (χ1) is 15.7. The molecule has 2 aliphatic rings. The van der Waals surface area contributed by atoms with Gasteiger partial charge in [0, 0.05) is 23.5 Å². The SMILES string of the molecule is NC(c1ccc2c(c1)OCO2)c1ncccc1-c1nc(Nc2ccc3c(c2)OCO3)n[nH]1. The van der Waals surface area contributed by atoms with E-state index in [1.54, 1.807) is 6.20 Å². The highest BCUT2D eigenvalue weighted by Gasteiger charge is 2.21. The summed E-state index contributed by atoms with van der Waals surface area (Å²) in [6.07, 6.45) is 1.70. The van der Waals surface area contributed by atoms with Gasteiger partial charge in [0.1, 0.15) is 0 Å². The fourth-order valence-corrected chi connectivity index (χ4v) is 3.67. The second kappa shape index (κ2) is 7.43. The van der Waals surface area contributed by atoms with E-state index in [4.69, 9.17) is 24.7 Å². The van der Waals surface area contributed by atoms with Crippen molar-refractivity contribution in [1.29, 1.82) is 0 Å². The molecule has 0 bridgehead atoms. The fourth-order valence-electron chi connectivity index (χ4n) is 3.67. The molecule has 6 rings (SSSR count). The Morgan fingerprint density at radius 1 is 0.906 bits per heavy atom. The zero-order chi connectivity index (χ0) is 21.5. The molecule has 10 nitrogen and oxygen atoms in total. The molecule has 32 heavy (non-hydrogen) atoms. The van der Waals surface area contributed by atoms with Crippen molar-refractivity contribution >= 4 is 11.6 Å². The molecule has 0 saturated carbocycles. The van der Waals surface area contributed by atoms with E-state index in [0.29, 0.717) is 40.5 Å². The summed E-state index contributed by atoms with van der Waals surface area (Å²) in [6.45, 7) is 0.428. The van der Waals surface area contributed by atoms with Gasteiger partial charge in [-0.25, -0.2) is 0 Å². The van der Waals surface area contributed by atoms with E-state index in [2.05, 4.69) is 25.5 Å². The van der Waals surface area contributed by atoms with Gasteiger partial charge in [-0.3, -0.25) is 10.1 Å². The van der Waals surface area contributed by atoms with Crippen LogP contribution in [-0.4, -0.2) is 33.8 Å².